The van der Waals surface area contributed by atoms with Crippen LogP contribution in [0.15, 0.2) is 53.8 Å². The number of carbonyl (C=O) groups excluding carboxylic acids is 1. The molecule has 1 amide bonds. The molecule has 3 aromatic rings. The minimum atomic E-state index is -0.201. The number of aromatic nitrogens is 4. The van der Waals surface area contributed by atoms with Crippen molar-refractivity contribution in [1.82, 2.24) is 24.4 Å². The van der Waals surface area contributed by atoms with Crippen molar-refractivity contribution < 1.29 is 9.53 Å². The van der Waals surface area contributed by atoms with Crippen LogP contribution in [0.3, 0.4) is 0 Å². The van der Waals surface area contributed by atoms with Gasteiger partial charge in [-0.05, 0) is 30.2 Å². The maximum absolute atomic E-state index is 12.8. The minimum Gasteiger partial charge on any atom is -0.497 e. The van der Waals surface area contributed by atoms with Gasteiger partial charge in [-0.2, -0.15) is 0 Å². The Morgan fingerprint density at radius 1 is 1.03 bits per heavy atom. The SMILES string of the molecule is COc1ccc(-c2cc(N3CCN(C(=O)Cn4cnc(C(C)C)cc4=O)CC3)ncn2)cc1. The molecule has 0 aliphatic carbocycles. The van der Waals surface area contributed by atoms with Crippen molar-refractivity contribution in [3.63, 3.8) is 0 Å². The molecule has 172 valence electrons. The Bertz CT molecular complexity index is 1170. The molecule has 0 unspecified atom stereocenters. The third kappa shape index (κ3) is 5.19. The second-order valence-electron chi connectivity index (χ2n) is 8.29. The lowest BCUT2D eigenvalue weighted by Crippen LogP contribution is -2.50. The highest BCUT2D eigenvalue weighted by Gasteiger charge is 2.23. The van der Waals surface area contributed by atoms with E-state index in [0.29, 0.717) is 26.2 Å². The first-order chi connectivity index (χ1) is 15.9. The van der Waals surface area contributed by atoms with E-state index in [9.17, 15) is 9.59 Å². The number of methoxy groups -OCH3 is 1. The maximum atomic E-state index is 12.8. The summed E-state index contributed by atoms with van der Waals surface area (Å²) in [6, 6.07) is 11.2. The third-order valence-corrected chi connectivity index (χ3v) is 5.79. The number of ether oxygens (including phenoxy) is 1. The van der Waals surface area contributed by atoms with Crippen LogP contribution in [0.5, 0.6) is 5.75 Å². The number of amides is 1. The molecule has 2 aromatic heterocycles. The zero-order valence-electron chi connectivity index (χ0n) is 19.1. The summed E-state index contributed by atoms with van der Waals surface area (Å²) in [5.41, 5.74) is 2.34. The number of anilines is 1. The molecule has 0 N–H and O–H groups in total. The molecular formula is C24H28N6O3. The van der Waals surface area contributed by atoms with Crippen molar-refractivity contribution in [2.45, 2.75) is 26.3 Å². The summed E-state index contributed by atoms with van der Waals surface area (Å²) in [4.78, 5) is 42.1. The Morgan fingerprint density at radius 3 is 2.39 bits per heavy atom. The summed E-state index contributed by atoms with van der Waals surface area (Å²) in [5, 5.41) is 0. The van der Waals surface area contributed by atoms with E-state index >= 15 is 0 Å². The van der Waals surface area contributed by atoms with E-state index in [4.69, 9.17) is 4.74 Å². The zero-order valence-corrected chi connectivity index (χ0v) is 19.1. The molecule has 1 fully saturated rings. The average molecular weight is 449 g/mol. The van der Waals surface area contributed by atoms with Crippen LogP contribution in [0.2, 0.25) is 0 Å². The summed E-state index contributed by atoms with van der Waals surface area (Å²) in [6.07, 6.45) is 3.03. The van der Waals surface area contributed by atoms with Crippen LogP contribution in [0.1, 0.15) is 25.5 Å². The van der Waals surface area contributed by atoms with E-state index in [1.807, 2.05) is 44.2 Å². The molecule has 0 spiro atoms. The molecule has 1 aromatic carbocycles. The molecule has 4 rings (SSSR count). The molecule has 9 nitrogen and oxygen atoms in total. The zero-order chi connectivity index (χ0) is 23.4. The molecule has 0 bridgehead atoms. The molecule has 1 aliphatic rings. The van der Waals surface area contributed by atoms with Gasteiger partial charge < -0.3 is 14.5 Å². The van der Waals surface area contributed by atoms with Gasteiger partial charge >= 0.3 is 0 Å². The number of nitrogens with zero attached hydrogens (tertiary/aromatic N) is 6. The first kappa shape index (κ1) is 22.4. The fourth-order valence-electron chi connectivity index (χ4n) is 3.74. The Balaban J connectivity index is 1.37. The second kappa shape index (κ2) is 9.81. The second-order valence-corrected chi connectivity index (χ2v) is 8.29. The van der Waals surface area contributed by atoms with Gasteiger partial charge in [0.05, 0.1) is 24.8 Å². The highest BCUT2D eigenvalue weighted by atomic mass is 16.5. The first-order valence-corrected chi connectivity index (χ1v) is 11.0. The summed E-state index contributed by atoms with van der Waals surface area (Å²) in [7, 11) is 1.64. The monoisotopic (exact) mass is 448 g/mol. The molecule has 0 atom stereocenters. The topological polar surface area (TPSA) is 93.5 Å². The van der Waals surface area contributed by atoms with Crippen molar-refractivity contribution in [3.05, 3.63) is 65.1 Å². The van der Waals surface area contributed by atoms with E-state index in [1.165, 1.54) is 17.0 Å². The standard InChI is InChI=1S/C24H28N6O3/c1-17(2)20-13-23(31)30(16-27-20)14-24(32)29-10-8-28(9-11-29)22-12-21(25-15-26-22)18-4-6-19(33-3)7-5-18/h4-7,12-13,15-17H,8-11,14H2,1-3H3. The number of rotatable bonds is 6. The van der Waals surface area contributed by atoms with Gasteiger partial charge in [0, 0.05) is 43.9 Å². The van der Waals surface area contributed by atoms with Gasteiger partial charge in [0.1, 0.15) is 24.4 Å². The van der Waals surface area contributed by atoms with E-state index in [-0.39, 0.29) is 23.9 Å². The summed E-state index contributed by atoms with van der Waals surface area (Å²) >= 11 is 0. The number of benzene rings is 1. The van der Waals surface area contributed by atoms with Crippen LogP contribution in [0, 0.1) is 0 Å². The van der Waals surface area contributed by atoms with E-state index in [0.717, 1.165) is 28.5 Å². The van der Waals surface area contributed by atoms with Gasteiger partial charge in [0.2, 0.25) is 5.91 Å². The lowest BCUT2D eigenvalue weighted by molar-refractivity contribution is -0.132. The highest BCUT2D eigenvalue weighted by molar-refractivity contribution is 5.76. The Hall–Kier alpha value is -3.75. The Kier molecular flexibility index (Phi) is 6.67. The smallest absolute Gasteiger partial charge is 0.254 e. The van der Waals surface area contributed by atoms with Crippen molar-refractivity contribution in [2.24, 2.45) is 0 Å². The average Bonchev–Trinajstić information content (AvgIpc) is 2.85. The maximum Gasteiger partial charge on any atom is 0.254 e. The third-order valence-electron chi connectivity index (χ3n) is 5.79. The predicted molar refractivity (Wildman–Crippen MR) is 125 cm³/mol. The van der Waals surface area contributed by atoms with Gasteiger partial charge in [-0.15, -0.1) is 0 Å². The van der Waals surface area contributed by atoms with Gasteiger partial charge in [-0.3, -0.25) is 14.2 Å². The molecule has 0 radical (unpaired) electrons. The Morgan fingerprint density at radius 2 is 1.76 bits per heavy atom. The van der Waals surface area contributed by atoms with Crippen molar-refractivity contribution in [2.75, 3.05) is 38.2 Å². The Labute approximate surface area is 192 Å². The molecule has 9 heteroatoms. The normalized spacial score (nSPS) is 13.9. The molecule has 33 heavy (non-hydrogen) atoms. The van der Waals surface area contributed by atoms with E-state index < -0.39 is 0 Å². The first-order valence-electron chi connectivity index (χ1n) is 11.0. The largest absolute Gasteiger partial charge is 0.497 e. The van der Waals surface area contributed by atoms with Crippen LogP contribution in [-0.2, 0) is 11.3 Å². The van der Waals surface area contributed by atoms with Crippen molar-refractivity contribution in [3.8, 4) is 17.0 Å². The fourth-order valence-corrected chi connectivity index (χ4v) is 3.74. The van der Waals surface area contributed by atoms with Gasteiger partial charge in [0.15, 0.2) is 0 Å². The minimum absolute atomic E-state index is 0.000661. The van der Waals surface area contributed by atoms with Crippen LogP contribution >= 0.6 is 0 Å². The van der Waals surface area contributed by atoms with Gasteiger partial charge in [-0.25, -0.2) is 15.0 Å². The van der Waals surface area contributed by atoms with E-state index in [1.54, 1.807) is 18.3 Å². The number of carbonyl (C=O) groups is 1. The predicted octanol–water partition coefficient (Wildman–Crippen LogP) is 2.18. The lowest BCUT2D eigenvalue weighted by atomic mass is 10.1. The van der Waals surface area contributed by atoms with Crippen LogP contribution in [0.4, 0.5) is 5.82 Å². The van der Waals surface area contributed by atoms with Crippen LogP contribution < -0.4 is 15.2 Å². The fraction of sp³-hybridized carbons (Fsp3) is 0.375. The lowest BCUT2D eigenvalue weighted by Gasteiger charge is -2.35. The molecule has 0 saturated carbocycles. The number of piperazine rings is 1. The molecular weight excluding hydrogens is 420 g/mol. The number of hydrogen-bond acceptors (Lipinski definition) is 7. The van der Waals surface area contributed by atoms with Crippen LogP contribution in [-0.4, -0.2) is 63.6 Å². The molecule has 3 heterocycles. The van der Waals surface area contributed by atoms with Crippen molar-refractivity contribution >= 4 is 11.7 Å². The summed E-state index contributed by atoms with van der Waals surface area (Å²) in [6.45, 7) is 6.40. The van der Waals surface area contributed by atoms with Crippen molar-refractivity contribution in [1.29, 1.82) is 0 Å². The van der Waals surface area contributed by atoms with E-state index in [2.05, 4.69) is 19.9 Å². The quantitative estimate of drug-likeness (QED) is 0.571. The summed E-state index contributed by atoms with van der Waals surface area (Å²) in [5.74, 6) is 1.70. The summed E-state index contributed by atoms with van der Waals surface area (Å²) < 4.78 is 6.58. The molecule has 1 saturated heterocycles. The van der Waals surface area contributed by atoms with Crippen LogP contribution in [0.25, 0.3) is 11.3 Å². The van der Waals surface area contributed by atoms with Gasteiger partial charge in [-0.1, -0.05) is 13.8 Å². The number of hydrogen-bond donors (Lipinski definition) is 0. The molecule has 1 aliphatic heterocycles. The highest BCUT2D eigenvalue weighted by Crippen LogP contribution is 2.23. The van der Waals surface area contributed by atoms with Gasteiger partial charge in [0.25, 0.3) is 5.56 Å².